The first-order valence-corrected chi connectivity index (χ1v) is 8.10. The van der Waals surface area contributed by atoms with Crippen LogP contribution in [0.5, 0.6) is 5.75 Å². The van der Waals surface area contributed by atoms with Gasteiger partial charge in [-0.05, 0) is 30.3 Å². The van der Waals surface area contributed by atoms with Crippen LogP contribution >= 0.6 is 43.5 Å². The minimum Gasteiger partial charge on any atom is -0.485 e. The number of benzene rings is 2. The van der Waals surface area contributed by atoms with E-state index in [9.17, 15) is 5.11 Å². The Labute approximate surface area is 139 Å². The lowest BCUT2D eigenvalue weighted by Crippen LogP contribution is -2.19. The number of aliphatic hydroxyl groups is 1. The van der Waals surface area contributed by atoms with Crippen molar-refractivity contribution in [2.24, 2.45) is 0 Å². The maximum Gasteiger partial charge on any atom is 0.128 e. The van der Waals surface area contributed by atoms with Gasteiger partial charge >= 0.3 is 0 Å². The number of aliphatic hydroxyl groups excluding tert-OH is 1. The zero-order valence-electron chi connectivity index (χ0n) is 10.3. The summed E-state index contributed by atoms with van der Waals surface area (Å²) in [5.41, 5.74) is 1.70. The highest BCUT2D eigenvalue weighted by Crippen LogP contribution is 2.43. The van der Waals surface area contributed by atoms with E-state index in [0.29, 0.717) is 17.2 Å². The molecule has 0 saturated carbocycles. The molecule has 2 aromatic carbocycles. The summed E-state index contributed by atoms with van der Waals surface area (Å²) in [6.45, 7) is 0. The van der Waals surface area contributed by atoms with E-state index in [1.807, 2.05) is 36.4 Å². The summed E-state index contributed by atoms with van der Waals surface area (Å²) < 4.78 is 7.87. The molecule has 0 amide bonds. The number of rotatable bonds is 1. The van der Waals surface area contributed by atoms with Gasteiger partial charge in [0.1, 0.15) is 11.9 Å². The second-order valence-electron chi connectivity index (χ2n) is 4.71. The first-order valence-electron chi connectivity index (χ1n) is 6.13. The van der Waals surface area contributed by atoms with Crippen LogP contribution in [0.3, 0.4) is 0 Å². The van der Waals surface area contributed by atoms with Gasteiger partial charge in [-0.25, -0.2) is 0 Å². The lowest BCUT2D eigenvalue weighted by atomic mass is 9.95. The van der Waals surface area contributed by atoms with Crippen molar-refractivity contribution in [1.29, 1.82) is 0 Å². The van der Waals surface area contributed by atoms with Crippen molar-refractivity contribution in [3.8, 4) is 5.75 Å². The number of hydrogen-bond donors (Lipinski definition) is 1. The molecule has 1 unspecified atom stereocenters. The molecule has 1 N–H and O–H groups in total. The molecular weight excluding hydrogens is 407 g/mol. The molecule has 2 nitrogen and oxygen atoms in total. The van der Waals surface area contributed by atoms with E-state index in [-0.39, 0.29) is 6.10 Å². The zero-order valence-corrected chi connectivity index (χ0v) is 14.2. The van der Waals surface area contributed by atoms with Gasteiger partial charge in [0.25, 0.3) is 0 Å². The monoisotopic (exact) mass is 416 g/mol. The van der Waals surface area contributed by atoms with Crippen LogP contribution in [-0.2, 0) is 0 Å². The van der Waals surface area contributed by atoms with Gasteiger partial charge in [0.15, 0.2) is 0 Å². The van der Waals surface area contributed by atoms with E-state index in [4.69, 9.17) is 16.3 Å². The van der Waals surface area contributed by atoms with Gasteiger partial charge in [-0.3, -0.25) is 0 Å². The van der Waals surface area contributed by atoms with Crippen LogP contribution in [0.4, 0.5) is 0 Å². The third-order valence-corrected chi connectivity index (χ3v) is 4.68. The SMILES string of the molecule is O[C@@H]1CC(c2cc(Br)ccc2Cl)Oc2cc(Br)ccc21. The van der Waals surface area contributed by atoms with Crippen LogP contribution in [-0.4, -0.2) is 5.11 Å². The Balaban J connectivity index is 2.00. The Hall–Kier alpha value is -0.550. The van der Waals surface area contributed by atoms with Crippen LogP contribution < -0.4 is 4.74 Å². The maximum atomic E-state index is 10.3. The molecular formula is C15H11Br2ClO2. The van der Waals surface area contributed by atoms with E-state index in [2.05, 4.69) is 31.9 Å². The molecule has 2 atom stereocenters. The van der Waals surface area contributed by atoms with Crippen LogP contribution in [0.2, 0.25) is 5.02 Å². The Morgan fingerprint density at radius 3 is 2.55 bits per heavy atom. The van der Waals surface area contributed by atoms with Crippen molar-refractivity contribution in [3.05, 3.63) is 61.5 Å². The maximum absolute atomic E-state index is 10.3. The molecule has 0 spiro atoms. The molecule has 0 aliphatic carbocycles. The topological polar surface area (TPSA) is 29.5 Å². The summed E-state index contributed by atoms with van der Waals surface area (Å²) in [7, 11) is 0. The van der Waals surface area contributed by atoms with Crippen molar-refractivity contribution in [2.45, 2.75) is 18.6 Å². The van der Waals surface area contributed by atoms with Crippen molar-refractivity contribution in [3.63, 3.8) is 0 Å². The summed E-state index contributed by atoms with van der Waals surface area (Å²) in [5, 5.41) is 10.9. The Bertz CT molecular complexity index is 660. The molecule has 0 saturated heterocycles. The Morgan fingerprint density at radius 1 is 1.05 bits per heavy atom. The normalized spacial score (nSPS) is 21.2. The highest BCUT2D eigenvalue weighted by Gasteiger charge is 2.29. The van der Waals surface area contributed by atoms with Crippen LogP contribution in [0.1, 0.15) is 29.8 Å². The first-order chi connectivity index (χ1) is 9.54. The second-order valence-corrected chi connectivity index (χ2v) is 6.94. The largest absolute Gasteiger partial charge is 0.485 e. The average Bonchev–Trinajstić information content (AvgIpc) is 2.41. The van der Waals surface area contributed by atoms with Crippen LogP contribution in [0.25, 0.3) is 0 Å². The molecule has 0 radical (unpaired) electrons. The third-order valence-electron chi connectivity index (χ3n) is 3.35. The summed E-state index contributed by atoms with van der Waals surface area (Å²) in [6.07, 6.45) is -0.311. The summed E-state index contributed by atoms with van der Waals surface area (Å²) >= 11 is 13.1. The first kappa shape index (κ1) is 14.4. The van der Waals surface area contributed by atoms with E-state index in [1.54, 1.807) is 0 Å². The van der Waals surface area contributed by atoms with E-state index < -0.39 is 6.10 Å². The molecule has 1 aliphatic rings. The number of fused-ring (bicyclic) bond motifs is 1. The number of ether oxygens (including phenoxy) is 1. The summed E-state index contributed by atoms with van der Waals surface area (Å²) in [4.78, 5) is 0. The van der Waals surface area contributed by atoms with Gasteiger partial charge in [-0.1, -0.05) is 49.5 Å². The molecule has 20 heavy (non-hydrogen) atoms. The Kier molecular flexibility index (Phi) is 4.09. The molecule has 2 aromatic rings. The van der Waals surface area contributed by atoms with Crippen molar-refractivity contribution in [2.75, 3.05) is 0 Å². The standard InChI is InChI=1S/C15H11Br2ClO2/c16-8-2-4-12(18)11(5-8)15-7-13(19)10-3-1-9(17)6-14(10)20-15/h1-6,13,15,19H,7H2/t13-,15?/m1/s1. The quantitative estimate of drug-likeness (QED) is 0.670. The number of hydrogen-bond acceptors (Lipinski definition) is 2. The summed E-state index contributed by atoms with van der Waals surface area (Å²) in [5.74, 6) is 0.694. The lowest BCUT2D eigenvalue weighted by molar-refractivity contribution is 0.0657. The molecule has 0 aromatic heterocycles. The van der Waals surface area contributed by atoms with Gasteiger partial charge in [0, 0.05) is 31.5 Å². The van der Waals surface area contributed by atoms with Crippen LogP contribution in [0.15, 0.2) is 45.3 Å². The molecule has 0 fully saturated rings. The van der Waals surface area contributed by atoms with Gasteiger partial charge in [-0.2, -0.15) is 0 Å². The highest BCUT2D eigenvalue weighted by molar-refractivity contribution is 9.10. The highest BCUT2D eigenvalue weighted by atomic mass is 79.9. The smallest absolute Gasteiger partial charge is 0.128 e. The van der Waals surface area contributed by atoms with E-state index >= 15 is 0 Å². The molecule has 104 valence electrons. The zero-order chi connectivity index (χ0) is 14.3. The molecule has 1 aliphatic heterocycles. The molecule has 5 heteroatoms. The molecule has 3 rings (SSSR count). The van der Waals surface area contributed by atoms with E-state index in [1.165, 1.54) is 0 Å². The fourth-order valence-electron chi connectivity index (χ4n) is 2.37. The number of halogens is 3. The van der Waals surface area contributed by atoms with Gasteiger partial charge in [-0.15, -0.1) is 0 Å². The predicted octanol–water partition coefficient (Wildman–Crippen LogP) is 5.42. The Morgan fingerprint density at radius 2 is 1.75 bits per heavy atom. The fourth-order valence-corrected chi connectivity index (χ4v) is 3.33. The minimum absolute atomic E-state index is 0.253. The second kappa shape index (κ2) is 5.68. The van der Waals surface area contributed by atoms with Crippen molar-refractivity contribution in [1.82, 2.24) is 0 Å². The van der Waals surface area contributed by atoms with Gasteiger partial charge < -0.3 is 9.84 Å². The molecule has 0 bridgehead atoms. The third kappa shape index (κ3) is 2.75. The predicted molar refractivity (Wildman–Crippen MR) is 86.2 cm³/mol. The van der Waals surface area contributed by atoms with Crippen molar-refractivity contribution >= 4 is 43.5 Å². The molecule has 1 heterocycles. The summed E-state index contributed by atoms with van der Waals surface area (Å²) in [6, 6.07) is 11.3. The van der Waals surface area contributed by atoms with Gasteiger partial charge in [0.2, 0.25) is 0 Å². The van der Waals surface area contributed by atoms with Crippen LogP contribution in [0, 0.1) is 0 Å². The average molecular weight is 419 g/mol. The van der Waals surface area contributed by atoms with Crippen molar-refractivity contribution < 1.29 is 9.84 Å². The minimum atomic E-state index is -0.549. The lowest BCUT2D eigenvalue weighted by Gasteiger charge is -2.30. The fraction of sp³-hybridized carbons (Fsp3) is 0.200. The van der Waals surface area contributed by atoms with E-state index in [0.717, 1.165) is 20.1 Å². The van der Waals surface area contributed by atoms with Gasteiger partial charge in [0.05, 0.1) is 6.10 Å².